The van der Waals surface area contributed by atoms with Crippen LogP contribution in [0.4, 0.5) is 11.5 Å². The maximum atomic E-state index is 13.3. The Morgan fingerprint density at radius 2 is 1.60 bits per heavy atom. The highest BCUT2D eigenvalue weighted by atomic mass is 16.5. The molecule has 1 aromatic carbocycles. The number of carbonyl (C=O) groups excluding carboxylic acids is 4. The number of unbranched alkanes of at least 4 members (excludes halogenated alkanes) is 4. The van der Waals surface area contributed by atoms with Crippen LogP contribution in [-0.4, -0.2) is 127 Å². The Balaban J connectivity index is 0.983. The molecule has 5 N–H and O–H groups in total. The lowest BCUT2D eigenvalue weighted by molar-refractivity contribution is -0.141. The number of aromatic nitrogens is 3. The van der Waals surface area contributed by atoms with Crippen molar-refractivity contribution in [3.8, 4) is 5.69 Å². The normalized spacial score (nSPS) is 16.8. The van der Waals surface area contributed by atoms with E-state index < -0.39 is 0 Å². The number of benzene rings is 1. The summed E-state index contributed by atoms with van der Waals surface area (Å²) < 4.78 is 7.24. The number of methoxy groups -OCH3 is 1. The topological polar surface area (TPSA) is 180 Å². The molecule has 2 unspecified atom stereocenters. The van der Waals surface area contributed by atoms with Crippen molar-refractivity contribution in [2.75, 3.05) is 89.3 Å². The second-order valence-corrected chi connectivity index (χ2v) is 18.5. The predicted molar refractivity (Wildman–Crippen MR) is 256 cm³/mol. The van der Waals surface area contributed by atoms with Crippen LogP contribution in [0.2, 0.25) is 0 Å². The third-order valence-corrected chi connectivity index (χ3v) is 13.3. The summed E-state index contributed by atoms with van der Waals surface area (Å²) >= 11 is 0. The van der Waals surface area contributed by atoms with Crippen molar-refractivity contribution >= 4 is 35.2 Å². The smallest absolute Gasteiger partial charge is 0.306 e. The molecule has 356 valence electrons. The van der Waals surface area contributed by atoms with Crippen LogP contribution in [0.1, 0.15) is 124 Å². The molecular formula is C50H76N10O5. The van der Waals surface area contributed by atoms with Crippen LogP contribution in [0.5, 0.6) is 0 Å². The highest BCUT2D eigenvalue weighted by Gasteiger charge is 2.29. The Hall–Kier alpha value is -5.02. The number of nitrogens with one attached hydrogen (secondary N) is 3. The fourth-order valence-electron chi connectivity index (χ4n) is 9.55. The van der Waals surface area contributed by atoms with E-state index in [0.29, 0.717) is 77.4 Å². The molecule has 3 aromatic rings. The van der Waals surface area contributed by atoms with Gasteiger partial charge in [0.2, 0.25) is 17.7 Å². The first kappa shape index (κ1) is 49.4. The van der Waals surface area contributed by atoms with Gasteiger partial charge in [0.1, 0.15) is 5.82 Å². The standard InChI is InChI=1S/C50H76N10O5/c1-37-30-38(2)60(56-37)45-32-41(42(33-49(64)65-3)36-57-25-20-39(35-57)16-18-43-19-17-40-12-11-24-54-50(40)55-43)31-44(34-45)58-26-28-59(29-27-58)48(63)15-10-14-47(62)53-23-9-5-8-22-52-46(61)13-6-4-7-21-51/h17,19,30-32,34,39,42H,4-16,18,20-29,33,35-36,51H2,1-3H3,(H,52,61)(H,53,62)(H,54,55). The maximum absolute atomic E-state index is 13.3. The van der Waals surface area contributed by atoms with Crippen molar-refractivity contribution in [2.24, 2.45) is 11.7 Å². The number of hydrogen-bond acceptors (Lipinski definition) is 11. The molecule has 0 aliphatic carbocycles. The maximum Gasteiger partial charge on any atom is 0.306 e. The van der Waals surface area contributed by atoms with E-state index in [1.807, 2.05) is 16.5 Å². The van der Waals surface area contributed by atoms with E-state index >= 15 is 0 Å². The first-order valence-electron chi connectivity index (χ1n) is 24.5. The molecule has 5 heterocycles. The van der Waals surface area contributed by atoms with Crippen molar-refractivity contribution in [1.29, 1.82) is 0 Å². The molecule has 3 aliphatic heterocycles. The fraction of sp³-hybridized carbons (Fsp3) is 0.640. The van der Waals surface area contributed by atoms with Crippen LogP contribution in [-0.2, 0) is 36.8 Å². The van der Waals surface area contributed by atoms with Gasteiger partial charge in [-0.2, -0.15) is 5.10 Å². The van der Waals surface area contributed by atoms with Crippen molar-refractivity contribution in [3.05, 3.63) is 64.6 Å². The third kappa shape index (κ3) is 15.5. The monoisotopic (exact) mass is 897 g/mol. The molecular weight excluding hydrogens is 821 g/mol. The van der Waals surface area contributed by atoms with Gasteiger partial charge in [-0.3, -0.25) is 19.2 Å². The Kier molecular flexibility index (Phi) is 19.5. The molecule has 3 aliphatic rings. The lowest BCUT2D eigenvalue weighted by Crippen LogP contribution is -2.48. The molecule has 15 nitrogen and oxygen atoms in total. The predicted octanol–water partition coefficient (Wildman–Crippen LogP) is 5.58. The van der Waals surface area contributed by atoms with Crippen LogP contribution in [0.25, 0.3) is 5.69 Å². The van der Waals surface area contributed by atoms with Gasteiger partial charge in [-0.1, -0.05) is 12.5 Å². The van der Waals surface area contributed by atoms with Gasteiger partial charge in [0, 0.05) is 101 Å². The first-order valence-corrected chi connectivity index (χ1v) is 24.5. The quantitative estimate of drug-likeness (QED) is 0.0616. The molecule has 0 bridgehead atoms. The lowest BCUT2D eigenvalue weighted by Gasteiger charge is -2.37. The summed E-state index contributed by atoms with van der Waals surface area (Å²) in [5.41, 5.74) is 13.0. The Morgan fingerprint density at radius 3 is 2.32 bits per heavy atom. The van der Waals surface area contributed by atoms with Gasteiger partial charge >= 0.3 is 5.97 Å². The highest BCUT2D eigenvalue weighted by Crippen LogP contribution is 2.33. The van der Waals surface area contributed by atoms with Crippen molar-refractivity contribution in [2.45, 2.75) is 122 Å². The minimum absolute atomic E-state index is 0.0296. The minimum atomic E-state index is -0.222. The summed E-state index contributed by atoms with van der Waals surface area (Å²) in [6, 6.07) is 13.1. The Morgan fingerprint density at radius 1 is 0.862 bits per heavy atom. The fourth-order valence-corrected chi connectivity index (χ4v) is 9.55. The Bertz CT molecular complexity index is 2010. The molecule has 6 rings (SSSR count). The number of ether oxygens (including phenoxy) is 1. The molecule has 2 atom stereocenters. The summed E-state index contributed by atoms with van der Waals surface area (Å²) in [5.74, 6) is 1.47. The molecule has 2 saturated heterocycles. The number of carbonyl (C=O) groups is 4. The number of aryl methyl sites for hydroxylation is 4. The average molecular weight is 897 g/mol. The number of fused-ring (bicyclic) bond motifs is 1. The van der Waals surface area contributed by atoms with Crippen LogP contribution in [0.15, 0.2) is 36.4 Å². The number of nitrogens with zero attached hydrogens (tertiary/aromatic N) is 6. The number of anilines is 2. The lowest BCUT2D eigenvalue weighted by atomic mass is 9.93. The van der Waals surface area contributed by atoms with Gasteiger partial charge < -0.3 is 41.1 Å². The minimum Gasteiger partial charge on any atom is -0.469 e. The number of esters is 1. The Labute approximate surface area is 387 Å². The van der Waals surface area contributed by atoms with Gasteiger partial charge in [-0.25, -0.2) is 9.67 Å². The molecule has 0 saturated carbocycles. The van der Waals surface area contributed by atoms with E-state index in [-0.39, 0.29) is 36.0 Å². The van der Waals surface area contributed by atoms with Gasteiger partial charge in [-0.05, 0) is 145 Å². The zero-order valence-electron chi connectivity index (χ0n) is 39.5. The number of amides is 3. The zero-order valence-corrected chi connectivity index (χ0v) is 39.5. The third-order valence-electron chi connectivity index (χ3n) is 13.3. The van der Waals surface area contributed by atoms with Crippen LogP contribution in [0.3, 0.4) is 0 Å². The summed E-state index contributed by atoms with van der Waals surface area (Å²) in [5, 5.41) is 14.3. The van der Waals surface area contributed by atoms with E-state index in [1.165, 1.54) is 12.7 Å². The number of piperazine rings is 1. The number of hydrogen-bond donors (Lipinski definition) is 4. The van der Waals surface area contributed by atoms with Crippen LogP contribution < -0.4 is 26.6 Å². The summed E-state index contributed by atoms with van der Waals surface area (Å²) in [6.07, 6.45) is 12.9. The molecule has 2 fully saturated rings. The summed E-state index contributed by atoms with van der Waals surface area (Å²) in [6.45, 7) is 12.3. The molecule has 15 heteroatoms. The highest BCUT2D eigenvalue weighted by molar-refractivity contribution is 5.79. The molecule has 0 radical (unpaired) electrons. The van der Waals surface area contributed by atoms with E-state index in [1.54, 1.807) is 0 Å². The summed E-state index contributed by atoms with van der Waals surface area (Å²) in [4.78, 5) is 62.4. The number of rotatable bonds is 25. The molecule has 3 amide bonds. The van der Waals surface area contributed by atoms with Gasteiger partial charge in [0.05, 0.1) is 24.9 Å². The zero-order chi connectivity index (χ0) is 46.0. The van der Waals surface area contributed by atoms with E-state index in [4.69, 9.17) is 20.6 Å². The van der Waals surface area contributed by atoms with E-state index in [9.17, 15) is 19.2 Å². The van der Waals surface area contributed by atoms with Crippen LogP contribution >= 0.6 is 0 Å². The number of likely N-dealkylation sites (tertiary alicyclic amines) is 1. The molecule has 65 heavy (non-hydrogen) atoms. The second kappa shape index (κ2) is 25.6. The number of pyridine rings is 1. The average Bonchev–Trinajstić information content (AvgIpc) is 3.92. The van der Waals surface area contributed by atoms with Crippen LogP contribution in [0, 0.1) is 19.8 Å². The van der Waals surface area contributed by atoms with E-state index in [0.717, 1.165) is 137 Å². The van der Waals surface area contributed by atoms with E-state index in [2.05, 4.69) is 69.1 Å². The second-order valence-electron chi connectivity index (χ2n) is 18.5. The largest absolute Gasteiger partial charge is 0.469 e. The van der Waals surface area contributed by atoms with Crippen molar-refractivity contribution < 1.29 is 23.9 Å². The van der Waals surface area contributed by atoms with Gasteiger partial charge in [0.25, 0.3) is 0 Å². The summed E-state index contributed by atoms with van der Waals surface area (Å²) in [7, 11) is 1.46. The molecule has 2 aromatic heterocycles. The number of nitrogens with two attached hydrogens (primary N) is 1. The SMILES string of the molecule is COC(=O)CC(CN1CCC(CCc2ccc3c(n2)NCCC3)C1)c1cc(N2CCN(C(=O)CCCC(=O)NCCCCCNC(=O)CCCCCN)CC2)cc(-n2nc(C)cc2C)c1. The van der Waals surface area contributed by atoms with Crippen molar-refractivity contribution in [3.63, 3.8) is 0 Å². The van der Waals surface area contributed by atoms with Gasteiger partial charge in [-0.15, -0.1) is 0 Å². The van der Waals surface area contributed by atoms with Crippen molar-refractivity contribution in [1.82, 2.24) is 35.2 Å². The molecule has 0 spiro atoms. The first-order chi connectivity index (χ1) is 31.6. The van der Waals surface area contributed by atoms with Gasteiger partial charge in [0.15, 0.2) is 0 Å².